The van der Waals surface area contributed by atoms with Gasteiger partial charge in [0.25, 0.3) is 5.91 Å². The number of hydrogen-bond donors (Lipinski definition) is 1. The third-order valence-electron chi connectivity index (χ3n) is 3.91. The molecular weight excluding hydrogens is 320 g/mol. The van der Waals surface area contributed by atoms with E-state index < -0.39 is 0 Å². The lowest BCUT2D eigenvalue weighted by molar-refractivity contribution is -0.114. The molecular formula is C19H18N2O4. The highest BCUT2D eigenvalue weighted by atomic mass is 16.5. The normalized spacial score (nSPS) is 15.5. The molecule has 0 aliphatic carbocycles. The van der Waals surface area contributed by atoms with Crippen molar-refractivity contribution in [3.63, 3.8) is 0 Å². The van der Waals surface area contributed by atoms with Gasteiger partial charge in [-0.05, 0) is 37.3 Å². The topological polar surface area (TPSA) is 71.4 Å². The monoisotopic (exact) mass is 338 g/mol. The molecule has 0 bridgehead atoms. The molecule has 0 aromatic heterocycles. The summed E-state index contributed by atoms with van der Waals surface area (Å²) in [6.07, 6.45) is 1.65. The van der Waals surface area contributed by atoms with Crippen LogP contribution in [0.25, 0.3) is 6.08 Å². The number of phenols is 1. The van der Waals surface area contributed by atoms with Crippen LogP contribution in [0, 0.1) is 0 Å². The van der Waals surface area contributed by atoms with Crippen LogP contribution in [0.15, 0.2) is 53.1 Å². The predicted octanol–water partition coefficient (Wildman–Crippen LogP) is 3.22. The molecule has 1 N–H and O–H groups in total. The Morgan fingerprint density at radius 1 is 1.08 bits per heavy atom. The van der Waals surface area contributed by atoms with Crippen molar-refractivity contribution in [2.45, 2.75) is 6.92 Å². The maximum absolute atomic E-state index is 12.7. The number of para-hydroxylation sites is 1. The number of hydrazone groups is 1. The molecule has 1 heterocycles. The lowest BCUT2D eigenvalue weighted by Crippen LogP contribution is -2.21. The molecule has 6 nitrogen and oxygen atoms in total. The zero-order valence-corrected chi connectivity index (χ0v) is 14.2. The fraction of sp³-hybridized carbons (Fsp3) is 0.158. The number of nitrogens with zero attached hydrogens (tertiary/aromatic N) is 2. The summed E-state index contributed by atoms with van der Waals surface area (Å²) in [7, 11) is 2.91. The van der Waals surface area contributed by atoms with Gasteiger partial charge in [-0.3, -0.25) is 4.79 Å². The van der Waals surface area contributed by atoms with Crippen molar-refractivity contribution in [2.75, 3.05) is 19.2 Å². The molecule has 2 aromatic rings. The molecule has 0 spiro atoms. The minimum absolute atomic E-state index is 0.112. The SMILES string of the molecule is COc1ccc(C=C2C(=O)N(c3ccccc3)N=C2C)c(OC)c1O. The van der Waals surface area contributed by atoms with E-state index in [0.29, 0.717) is 28.3 Å². The molecule has 0 radical (unpaired) electrons. The summed E-state index contributed by atoms with van der Waals surface area (Å²) in [5.41, 5.74) is 2.28. The van der Waals surface area contributed by atoms with Crippen LogP contribution in [0.3, 0.4) is 0 Å². The highest BCUT2D eigenvalue weighted by Gasteiger charge is 2.29. The molecule has 1 amide bonds. The lowest BCUT2D eigenvalue weighted by atomic mass is 10.1. The maximum atomic E-state index is 12.7. The van der Waals surface area contributed by atoms with Gasteiger partial charge in [0, 0.05) is 5.56 Å². The van der Waals surface area contributed by atoms with Crippen molar-refractivity contribution in [2.24, 2.45) is 5.10 Å². The summed E-state index contributed by atoms with van der Waals surface area (Å²) in [5, 5.41) is 15.9. The summed E-state index contributed by atoms with van der Waals surface area (Å²) in [6.45, 7) is 1.77. The van der Waals surface area contributed by atoms with Crippen LogP contribution in [-0.4, -0.2) is 30.9 Å². The first-order valence-corrected chi connectivity index (χ1v) is 7.67. The summed E-state index contributed by atoms with van der Waals surface area (Å²) in [4.78, 5) is 12.7. The van der Waals surface area contributed by atoms with Gasteiger partial charge >= 0.3 is 0 Å². The number of phenolic OH excluding ortho intramolecular Hbond substituents is 1. The highest BCUT2D eigenvalue weighted by Crippen LogP contribution is 2.40. The number of amides is 1. The Hall–Kier alpha value is -3.28. The number of aromatic hydroxyl groups is 1. The Kier molecular flexibility index (Phi) is 4.43. The van der Waals surface area contributed by atoms with Crippen molar-refractivity contribution in [3.05, 3.63) is 53.6 Å². The van der Waals surface area contributed by atoms with Crippen molar-refractivity contribution in [1.82, 2.24) is 0 Å². The van der Waals surface area contributed by atoms with E-state index in [-0.39, 0.29) is 17.4 Å². The predicted molar refractivity (Wildman–Crippen MR) is 96.2 cm³/mol. The first-order valence-electron chi connectivity index (χ1n) is 7.67. The van der Waals surface area contributed by atoms with E-state index in [1.54, 1.807) is 25.1 Å². The fourth-order valence-corrected chi connectivity index (χ4v) is 2.65. The average molecular weight is 338 g/mol. The lowest BCUT2D eigenvalue weighted by Gasteiger charge is -2.12. The molecule has 25 heavy (non-hydrogen) atoms. The first-order chi connectivity index (χ1) is 12.1. The number of carbonyl (C=O) groups is 1. The Balaban J connectivity index is 2.02. The van der Waals surface area contributed by atoms with Gasteiger partial charge in [0.15, 0.2) is 11.5 Å². The fourth-order valence-electron chi connectivity index (χ4n) is 2.65. The minimum atomic E-state index is -0.235. The van der Waals surface area contributed by atoms with Crippen LogP contribution in [0.2, 0.25) is 0 Å². The molecule has 1 aliphatic rings. The number of ether oxygens (including phenoxy) is 2. The van der Waals surface area contributed by atoms with E-state index in [1.807, 2.05) is 30.3 Å². The van der Waals surface area contributed by atoms with Gasteiger partial charge in [-0.2, -0.15) is 10.1 Å². The number of methoxy groups -OCH3 is 2. The van der Waals surface area contributed by atoms with Gasteiger partial charge in [0.05, 0.1) is 31.2 Å². The van der Waals surface area contributed by atoms with E-state index in [0.717, 1.165) is 0 Å². The number of carbonyl (C=O) groups excluding carboxylic acids is 1. The molecule has 128 valence electrons. The molecule has 1 aliphatic heterocycles. The second kappa shape index (κ2) is 6.68. The summed E-state index contributed by atoms with van der Waals surface area (Å²) < 4.78 is 10.4. The zero-order valence-electron chi connectivity index (χ0n) is 14.2. The number of benzene rings is 2. The molecule has 6 heteroatoms. The van der Waals surface area contributed by atoms with Crippen LogP contribution < -0.4 is 14.5 Å². The highest BCUT2D eigenvalue weighted by molar-refractivity contribution is 6.32. The number of rotatable bonds is 4. The molecule has 2 aromatic carbocycles. The zero-order chi connectivity index (χ0) is 18.0. The van der Waals surface area contributed by atoms with E-state index in [9.17, 15) is 9.90 Å². The number of anilines is 1. The standard InChI is InChI=1S/C19H18N2O4/c1-12-15(19(23)21(20-12)14-7-5-4-6-8-14)11-13-9-10-16(24-2)17(22)18(13)25-3/h4-11,22H,1-3H3. The van der Waals surface area contributed by atoms with Gasteiger partial charge in [0.2, 0.25) is 5.75 Å². The van der Waals surface area contributed by atoms with Gasteiger partial charge in [-0.15, -0.1) is 0 Å². The molecule has 0 fully saturated rings. The molecule has 0 atom stereocenters. The Labute approximate surface area is 145 Å². The van der Waals surface area contributed by atoms with E-state index in [2.05, 4.69) is 5.10 Å². The van der Waals surface area contributed by atoms with Crippen LogP contribution in [-0.2, 0) is 4.79 Å². The van der Waals surface area contributed by atoms with E-state index in [1.165, 1.54) is 19.2 Å². The second-order valence-corrected chi connectivity index (χ2v) is 5.43. The molecule has 0 saturated heterocycles. The summed E-state index contributed by atoms with van der Waals surface area (Å²) >= 11 is 0. The van der Waals surface area contributed by atoms with Crippen LogP contribution in [0.4, 0.5) is 5.69 Å². The Morgan fingerprint density at radius 3 is 2.44 bits per heavy atom. The van der Waals surface area contributed by atoms with Gasteiger partial charge in [0.1, 0.15) is 0 Å². The summed E-state index contributed by atoms with van der Waals surface area (Å²) in [6, 6.07) is 12.5. The number of hydrogen-bond acceptors (Lipinski definition) is 5. The van der Waals surface area contributed by atoms with Crippen molar-refractivity contribution in [3.8, 4) is 17.2 Å². The smallest absolute Gasteiger partial charge is 0.280 e. The van der Waals surface area contributed by atoms with Crippen molar-refractivity contribution < 1.29 is 19.4 Å². The maximum Gasteiger partial charge on any atom is 0.280 e. The average Bonchev–Trinajstić information content (AvgIpc) is 2.91. The quantitative estimate of drug-likeness (QED) is 0.869. The third-order valence-corrected chi connectivity index (χ3v) is 3.91. The third kappa shape index (κ3) is 2.94. The minimum Gasteiger partial charge on any atom is -0.502 e. The Morgan fingerprint density at radius 2 is 1.80 bits per heavy atom. The van der Waals surface area contributed by atoms with Gasteiger partial charge in [-0.25, -0.2) is 0 Å². The Bertz CT molecular complexity index is 872. The molecule has 3 rings (SSSR count). The van der Waals surface area contributed by atoms with Crippen LogP contribution in [0.5, 0.6) is 17.2 Å². The largest absolute Gasteiger partial charge is 0.502 e. The summed E-state index contributed by atoms with van der Waals surface area (Å²) in [5.74, 6) is 0.194. The van der Waals surface area contributed by atoms with Crippen LogP contribution >= 0.6 is 0 Å². The van der Waals surface area contributed by atoms with Crippen molar-refractivity contribution >= 4 is 23.4 Å². The van der Waals surface area contributed by atoms with Gasteiger partial charge < -0.3 is 14.6 Å². The van der Waals surface area contributed by atoms with Crippen molar-refractivity contribution in [1.29, 1.82) is 0 Å². The molecule has 0 unspecified atom stereocenters. The van der Waals surface area contributed by atoms with E-state index in [4.69, 9.17) is 9.47 Å². The first kappa shape index (κ1) is 16.6. The second-order valence-electron chi connectivity index (χ2n) is 5.43. The van der Waals surface area contributed by atoms with Gasteiger partial charge in [-0.1, -0.05) is 18.2 Å². The van der Waals surface area contributed by atoms with E-state index >= 15 is 0 Å². The molecule has 0 saturated carbocycles. The van der Waals surface area contributed by atoms with Crippen LogP contribution in [0.1, 0.15) is 12.5 Å².